The molecule has 0 bridgehead atoms. The molecule has 122 valence electrons. The minimum atomic E-state index is -0.527. The van der Waals surface area contributed by atoms with E-state index >= 15 is 0 Å². The predicted octanol–water partition coefficient (Wildman–Crippen LogP) is 2.89. The molecule has 0 atom stereocenters. The number of nitrogens with one attached hydrogen (secondary N) is 1. The Balaban J connectivity index is 1.98. The number of hydrogen-bond donors (Lipinski definition) is 1. The van der Waals surface area contributed by atoms with Crippen molar-refractivity contribution in [1.82, 2.24) is 15.1 Å². The van der Waals surface area contributed by atoms with Crippen molar-refractivity contribution >= 4 is 12.4 Å². The van der Waals surface area contributed by atoms with E-state index in [1.807, 2.05) is 51.1 Å². The summed E-state index contributed by atoms with van der Waals surface area (Å²) in [4.78, 5) is 22.8. The molecular weight excluding hydrogens is 294 g/mol. The highest BCUT2D eigenvalue weighted by molar-refractivity contribution is 5.85. The molecule has 1 N–H and O–H groups in total. The lowest BCUT2D eigenvalue weighted by atomic mass is 10.1. The number of carbonyl (C=O) groups is 2. The van der Waals surface area contributed by atoms with Crippen molar-refractivity contribution < 1.29 is 14.3 Å². The van der Waals surface area contributed by atoms with Gasteiger partial charge in [-0.25, -0.2) is 4.79 Å². The van der Waals surface area contributed by atoms with Crippen LogP contribution in [0.5, 0.6) is 0 Å². The van der Waals surface area contributed by atoms with Crippen LogP contribution in [0, 0.1) is 0 Å². The molecule has 1 aromatic carbocycles. The molecule has 0 radical (unpaired) electrons. The van der Waals surface area contributed by atoms with Crippen LogP contribution in [-0.4, -0.2) is 34.3 Å². The molecule has 1 aromatic heterocycles. The van der Waals surface area contributed by atoms with Crippen molar-refractivity contribution in [2.24, 2.45) is 0 Å². The number of alkyl carbamates (subject to hydrolysis) is 1. The lowest BCUT2D eigenvalue weighted by Gasteiger charge is -2.19. The molecular formula is C17H21N3O3. The highest BCUT2D eigenvalue weighted by atomic mass is 16.6. The molecule has 2 aromatic rings. The molecule has 1 amide bonds. The van der Waals surface area contributed by atoms with E-state index in [4.69, 9.17) is 4.74 Å². The van der Waals surface area contributed by atoms with Crippen LogP contribution < -0.4 is 5.32 Å². The van der Waals surface area contributed by atoms with E-state index in [-0.39, 0.29) is 0 Å². The van der Waals surface area contributed by atoms with Gasteiger partial charge >= 0.3 is 6.09 Å². The first-order valence-electron chi connectivity index (χ1n) is 7.44. The number of nitrogens with zero attached hydrogens (tertiary/aromatic N) is 2. The average molecular weight is 315 g/mol. The smallest absolute Gasteiger partial charge is 0.407 e. The lowest BCUT2D eigenvalue weighted by molar-refractivity contribution is 0.0525. The molecule has 0 saturated heterocycles. The molecule has 23 heavy (non-hydrogen) atoms. The van der Waals surface area contributed by atoms with Gasteiger partial charge in [0.05, 0.1) is 12.1 Å². The van der Waals surface area contributed by atoms with Gasteiger partial charge < -0.3 is 10.1 Å². The van der Waals surface area contributed by atoms with E-state index in [1.54, 1.807) is 10.9 Å². The SMILES string of the molecule is CC(C)(C)OC(=O)NCCn1cc(C=O)c(-c2ccccc2)n1. The second kappa shape index (κ2) is 7.09. The normalized spacial score (nSPS) is 11.1. The summed E-state index contributed by atoms with van der Waals surface area (Å²) in [7, 11) is 0. The first-order chi connectivity index (χ1) is 10.9. The third kappa shape index (κ3) is 4.95. The maximum atomic E-state index is 11.6. The molecule has 6 heteroatoms. The molecule has 0 spiro atoms. The summed E-state index contributed by atoms with van der Waals surface area (Å²) in [5.74, 6) is 0. The number of rotatable bonds is 5. The Morgan fingerprint density at radius 1 is 1.30 bits per heavy atom. The van der Waals surface area contributed by atoms with Crippen molar-refractivity contribution in [2.45, 2.75) is 32.9 Å². The van der Waals surface area contributed by atoms with Gasteiger partial charge in [-0.1, -0.05) is 30.3 Å². The van der Waals surface area contributed by atoms with Gasteiger partial charge in [-0.2, -0.15) is 5.10 Å². The number of amides is 1. The number of ether oxygens (including phenoxy) is 1. The van der Waals surface area contributed by atoms with Gasteiger partial charge in [0.25, 0.3) is 0 Å². The Hall–Kier alpha value is -2.63. The molecule has 0 aliphatic rings. The Morgan fingerprint density at radius 3 is 2.61 bits per heavy atom. The summed E-state index contributed by atoms with van der Waals surface area (Å²) in [5.41, 5.74) is 1.51. The molecule has 1 heterocycles. The van der Waals surface area contributed by atoms with Gasteiger partial charge in [-0.05, 0) is 20.8 Å². The van der Waals surface area contributed by atoms with Crippen LogP contribution in [0.2, 0.25) is 0 Å². The fraction of sp³-hybridized carbons (Fsp3) is 0.353. The van der Waals surface area contributed by atoms with Crippen LogP contribution in [0.4, 0.5) is 4.79 Å². The molecule has 2 rings (SSSR count). The molecule has 6 nitrogen and oxygen atoms in total. The van der Waals surface area contributed by atoms with Crippen LogP contribution in [-0.2, 0) is 11.3 Å². The topological polar surface area (TPSA) is 73.2 Å². The van der Waals surface area contributed by atoms with E-state index in [1.165, 1.54) is 0 Å². The standard InChI is InChI=1S/C17H21N3O3/c1-17(2,3)23-16(22)18-9-10-20-11-14(12-21)15(19-20)13-7-5-4-6-8-13/h4-8,11-12H,9-10H2,1-3H3,(H,18,22). The van der Waals surface area contributed by atoms with Crippen LogP contribution in [0.15, 0.2) is 36.5 Å². The minimum absolute atomic E-state index is 0.364. The fourth-order valence-corrected chi connectivity index (χ4v) is 2.04. The van der Waals surface area contributed by atoms with Crippen LogP contribution >= 0.6 is 0 Å². The number of hydrogen-bond acceptors (Lipinski definition) is 4. The first kappa shape index (κ1) is 16.7. The van der Waals surface area contributed by atoms with E-state index in [9.17, 15) is 9.59 Å². The zero-order chi connectivity index (χ0) is 16.9. The van der Waals surface area contributed by atoms with Crippen molar-refractivity contribution in [1.29, 1.82) is 0 Å². The highest BCUT2D eigenvalue weighted by Crippen LogP contribution is 2.20. The van der Waals surface area contributed by atoms with E-state index in [2.05, 4.69) is 10.4 Å². The van der Waals surface area contributed by atoms with Gasteiger partial charge in [-0.3, -0.25) is 9.48 Å². The van der Waals surface area contributed by atoms with Gasteiger partial charge in [0.1, 0.15) is 11.3 Å². The largest absolute Gasteiger partial charge is 0.444 e. The summed E-state index contributed by atoms with van der Waals surface area (Å²) in [6.45, 7) is 6.24. The van der Waals surface area contributed by atoms with Gasteiger partial charge in [0.15, 0.2) is 6.29 Å². The zero-order valence-electron chi connectivity index (χ0n) is 13.6. The highest BCUT2D eigenvalue weighted by Gasteiger charge is 2.16. The van der Waals surface area contributed by atoms with Crippen molar-refractivity contribution in [3.8, 4) is 11.3 Å². The van der Waals surface area contributed by atoms with Crippen LogP contribution in [0.25, 0.3) is 11.3 Å². The number of aldehydes is 1. The van der Waals surface area contributed by atoms with Crippen molar-refractivity contribution in [3.63, 3.8) is 0 Å². The van der Waals surface area contributed by atoms with E-state index in [0.29, 0.717) is 24.3 Å². The molecule has 0 aliphatic heterocycles. The number of aromatic nitrogens is 2. The summed E-state index contributed by atoms with van der Waals surface area (Å²) in [5, 5.41) is 7.08. The fourth-order valence-electron chi connectivity index (χ4n) is 2.04. The quantitative estimate of drug-likeness (QED) is 0.861. The summed E-state index contributed by atoms with van der Waals surface area (Å²) < 4.78 is 6.80. The second-order valence-corrected chi connectivity index (χ2v) is 6.11. The molecule has 0 fully saturated rings. The average Bonchev–Trinajstić information content (AvgIpc) is 2.89. The van der Waals surface area contributed by atoms with Crippen LogP contribution in [0.1, 0.15) is 31.1 Å². The molecule has 0 saturated carbocycles. The number of benzene rings is 1. The second-order valence-electron chi connectivity index (χ2n) is 6.11. The maximum Gasteiger partial charge on any atom is 0.407 e. The monoisotopic (exact) mass is 315 g/mol. The third-order valence-electron chi connectivity index (χ3n) is 2.97. The lowest BCUT2D eigenvalue weighted by Crippen LogP contribution is -2.34. The molecule has 0 unspecified atom stereocenters. The minimum Gasteiger partial charge on any atom is -0.444 e. The molecule has 0 aliphatic carbocycles. The zero-order valence-corrected chi connectivity index (χ0v) is 13.6. The Morgan fingerprint density at radius 2 is 2.00 bits per heavy atom. The Bertz CT molecular complexity index is 672. The van der Waals surface area contributed by atoms with Gasteiger partial charge in [0.2, 0.25) is 0 Å². The Kier molecular flexibility index (Phi) is 5.16. The van der Waals surface area contributed by atoms with Crippen LogP contribution in [0.3, 0.4) is 0 Å². The van der Waals surface area contributed by atoms with Gasteiger partial charge in [0, 0.05) is 18.3 Å². The summed E-state index contributed by atoms with van der Waals surface area (Å²) >= 11 is 0. The first-order valence-corrected chi connectivity index (χ1v) is 7.44. The predicted molar refractivity (Wildman–Crippen MR) is 87.3 cm³/mol. The van der Waals surface area contributed by atoms with Crippen molar-refractivity contribution in [2.75, 3.05) is 6.54 Å². The maximum absolute atomic E-state index is 11.6. The van der Waals surface area contributed by atoms with Crippen molar-refractivity contribution in [3.05, 3.63) is 42.1 Å². The Labute approximate surface area is 135 Å². The van der Waals surface area contributed by atoms with E-state index in [0.717, 1.165) is 11.8 Å². The van der Waals surface area contributed by atoms with E-state index < -0.39 is 11.7 Å². The number of carbonyl (C=O) groups excluding carboxylic acids is 2. The summed E-state index contributed by atoms with van der Waals surface area (Å²) in [6.07, 6.45) is 1.99. The summed E-state index contributed by atoms with van der Waals surface area (Å²) in [6, 6.07) is 9.50. The van der Waals surface area contributed by atoms with Gasteiger partial charge in [-0.15, -0.1) is 0 Å². The third-order valence-corrected chi connectivity index (χ3v) is 2.97.